The van der Waals surface area contributed by atoms with Crippen molar-refractivity contribution in [3.8, 4) is 0 Å². The molecule has 94 valence electrons. The number of rotatable bonds is 2. The van der Waals surface area contributed by atoms with E-state index in [4.69, 9.17) is 11.6 Å². The van der Waals surface area contributed by atoms with E-state index in [1.54, 1.807) is 0 Å². The van der Waals surface area contributed by atoms with E-state index in [9.17, 15) is 0 Å². The van der Waals surface area contributed by atoms with Gasteiger partial charge in [0.1, 0.15) is 0 Å². The normalized spacial score (nSPS) is 12.5. The summed E-state index contributed by atoms with van der Waals surface area (Å²) in [4.78, 5) is 0.216. The molecule has 1 atom stereocenters. The molecule has 2 aromatic rings. The predicted molar refractivity (Wildman–Crippen MR) is 82.9 cm³/mol. The van der Waals surface area contributed by atoms with E-state index in [0.29, 0.717) is 0 Å². The van der Waals surface area contributed by atoms with Gasteiger partial charge in [0.05, 0.1) is 4.83 Å². The molecular weight excluding hydrogens is 308 g/mol. The second-order valence-corrected chi connectivity index (χ2v) is 6.06. The average molecular weight is 324 g/mol. The van der Waals surface area contributed by atoms with Gasteiger partial charge in [0, 0.05) is 5.02 Å². The van der Waals surface area contributed by atoms with Crippen molar-refractivity contribution in [3.63, 3.8) is 0 Å². The minimum Gasteiger partial charge on any atom is -0.0840 e. The number of hydrogen-bond donors (Lipinski definition) is 0. The summed E-state index contributed by atoms with van der Waals surface area (Å²) in [6.07, 6.45) is 0. The topological polar surface area (TPSA) is 0 Å². The molecule has 0 fully saturated rings. The molecular formula is C16H16BrCl. The Hall–Kier alpha value is -0.790. The lowest BCUT2D eigenvalue weighted by Gasteiger charge is -2.16. The van der Waals surface area contributed by atoms with E-state index in [2.05, 4.69) is 60.1 Å². The minimum atomic E-state index is 0.216. The Kier molecular flexibility index (Phi) is 4.14. The molecule has 0 amide bonds. The van der Waals surface area contributed by atoms with Gasteiger partial charge in [-0.3, -0.25) is 0 Å². The van der Waals surface area contributed by atoms with Crippen molar-refractivity contribution >= 4 is 27.5 Å². The van der Waals surface area contributed by atoms with E-state index in [-0.39, 0.29) is 4.83 Å². The van der Waals surface area contributed by atoms with Gasteiger partial charge in [0.15, 0.2) is 0 Å². The first-order chi connectivity index (χ1) is 8.49. The number of benzene rings is 2. The highest BCUT2D eigenvalue weighted by Crippen LogP contribution is 2.35. The molecule has 0 heterocycles. The zero-order valence-electron chi connectivity index (χ0n) is 10.8. The van der Waals surface area contributed by atoms with Crippen molar-refractivity contribution in [1.82, 2.24) is 0 Å². The molecule has 2 aromatic carbocycles. The molecule has 0 aliphatic heterocycles. The van der Waals surface area contributed by atoms with Crippen molar-refractivity contribution in [2.24, 2.45) is 0 Å². The SMILES string of the molecule is Cc1cccc(C(Br)c2cc(C)c(Cl)cc2C)c1. The lowest BCUT2D eigenvalue weighted by Crippen LogP contribution is -1.97. The van der Waals surface area contributed by atoms with Gasteiger partial charge < -0.3 is 0 Å². The van der Waals surface area contributed by atoms with E-state index >= 15 is 0 Å². The third-order valence-corrected chi connectivity index (χ3v) is 4.58. The van der Waals surface area contributed by atoms with Crippen LogP contribution in [0.1, 0.15) is 32.6 Å². The fourth-order valence-corrected chi connectivity index (χ4v) is 3.08. The van der Waals surface area contributed by atoms with Crippen molar-refractivity contribution in [1.29, 1.82) is 0 Å². The van der Waals surface area contributed by atoms with Crippen LogP contribution in [0.15, 0.2) is 36.4 Å². The van der Waals surface area contributed by atoms with E-state index in [1.165, 1.54) is 22.3 Å². The first kappa shape index (κ1) is 13.6. The quantitative estimate of drug-likeness (QED) is 0.617. The molecule has 0 saturated heterocycles. The maximum Gasteiger partial charge on any atom is 0.0647 e. The second-order valence-electron chi connectivity index (χ2n) is 4.73. The van der Waals surface area contributed by atoms with E-state index in [1.807, 2.05) is 13.0 Å². The fourth-order valence-electron chi connectivity index (χ4n) is 2.08. The molecule has 0 bridgehead atoms. The number of hydrogen-bond acceptors (Lipinski definition) is 0. The Morgan fingerprint density at radius 2 is 1.72 bits per heavy atom. The molecule has 0 radical (unpaired) electrons. The van der Waals surface area contributed by atoms with Gasteiger partial charge in [-0.15, -0.1) is 0 Å². The van der Waals surface area contributed by atoms with Crippen LogP contribution in [0.4, 0.5) is 0 Å². The molecule has 0 aromatic heterocycles. The fraction of sp³-hybridized carbons (Fsp3) is 0.250. The zero-order valence-corrected chi connectivity index (χ0v) is 13.1. The molecule has 0 nitrogen and oxygen atoms in total. The van der Waals surface area contributed by atoms with Gasteiger partial charge in [0.25, 0.3) is 0 Å². The largest absolute Gasteiger partial charge is 0.0840 e. The summed E-state index contributed by atoms with van der Waals surface area (Å²) in [7, 11) is 0. The van der Waals surface area contributed by atoms with Crippen molar-refractivity contribution in [2.75, 3.05) is 0 Å². The minimum absolute atomic E-state index is 0.216. The number of aryl methyl sites for hydroxylation is 3. The van der Waals surface area contributed by atoms with Gasteiger partial charge in [-0.25, -0.2) is 0 Å². The van der Waals surface area contributed by atoms with Gasteiger partial charge in [-0.1, -0.05) is 63.4 Å². The maximum atomic E-state index is 6.15. The predicted octanol–water partition coefficient (Wildman–Crippen LogP) is 5.75. The highest BCUT2D eigenvalue weighted by Gasteiger charge is 2.14. The van der Waals surface area contributed by atoms with Gasteiger partial charge >= 0.3 is 0 Å². The second kappa shape index (κ2) is 5.46. The summed E-state index contributed by atoms with van der Waals surface area (Å²) in [5, 5.41) is 0.834. The summed E-state index contributed by atoms with van der Waals surface area (Å²) in [6, 6.07) is 12.8. The molecule has 0 N–H and O–H groups in total. The van der Waals surface area contributed by atoms with Crippen LogP contribution in [0, 0.1) is 20.8 Å². The van der Waals surface area contributed by atoms with Crippen LogP contribution in [0.2, 0.25) is 5.02 Å². The summed E-state index contributed by atoms with van der Waals surface area (Å²) < 4.78 is 0. The molecule has 0 saturated carbocycles. The van der Waals surface area contributed by atoms with Crippen LogP contribution >= 0.6 is 27.5 Å². The summed E-state index contributed by atoms with van der Waals surface area (Å²) in [6.45, 7) is 6.26. The van der Waals surface area contributed by atoms with Crippen molar-refractivity contribution < 1.29 is 0 Å². The number of halogens is 2. The first-order valence-electron chi connectivity index (χ1n) is 5.96. The van der Waals surface area contributed by atoms with E-state index < -0.39 is 0 Å². The van der Waals surface area contributed by atoms with Gasteiger partial charge in [-0.2, -0.15) is 0 Å². The van der Waals surface area contributed by atoms with Crippen molar-refractivity contribution in [3.05, 3.63) is 69.2 Å². The van der Waals surface area contributed by atoms with Crippen LogP contribution in [0.25, 0.3) is 0 Å². The average Bonchev–Trinajstić information content (AvgIpc) is 2.33. The molecule has 0 spiro atoms. The van der Waals surface area contributed by atoms with Crippen LogP contribution in [-0.2, 0) is 0 Å². The molecule has 0 aliphatic carbocycles. The summed E-state index contributed by atoms with van der Waals surface area (Å²) in [5.74, 6) is 0. The zero-order chi connectivity index (χ0) is 13.3. The third kappa shape index (κ3) is 2.78. The Morgan fingerprint density at radius 1 is 1.00 bits per heavy atom. The van der Waals surface area contributed by atoms with Crippen LogP contribution < -0.4 is 0 Å². The molecule has 2 rings (SSSR count). The summed E-state index contributed by atoms with van der Waals surface area (Å²) >= 11 is 9.94. The number of alkyl halides is 1. The molecule has 1 unspecified atom stereocenters. The van der Waals surface area contributed by atoms with Crippen LogP contribution in [0.3, 0.4) is 0 Å². The van der Waals surface area contributed by atoms with Crippen LogP contribution in [-0.4, -0.2) is 0 Å². The maximum absolute atomic E-state index is 6.15. The Labute approximate surface area is 122 Å². The standard InChI is InChI=1S/C16H16BrCl/c1-10-5-4-6-13(7-10)16(17)14-8-12(3)15(18)9-11(14)2/h4-9,16H,1-3H3. The Morgan fingerprint density at radius 3 is 2.39 bits per heavy atom. The highest BCUT2D eigenvalue weighted by molar-refractivity contribution is 9.09. The lowest BCUT2D eigenvalue weighted by molar-refractivity contribution is 1.13. The lowest BCUT2D eigenvalue weighted by atomic mass is 9.97. The molecule has 0 aliphatic rings. The highest BCUT2D eigenvalue weighted by atomic mass is 79.9. The summed E-state index contributed by atoms with van der Waals surface area (Å²) in [5.41, 5.74) is 6.17. The smallest absolute Gasteiger partial charge is 0.0647 e. The third-order valence-electron chi connectivity index (χ3n) is 3.16. The van der Waals surface area contributed by atoms with Crippen molar-refractivity contribution in [2.45, 2.75) is 25.6 Å². The Bertz CT molecular complexity index is 575. The monoisotopic (exact) mass is 322 g/mol. The van der Waals surface area contributed by atoms with Crippen LogP contribution in [0.5, 0.6) is 0 Å². The van der Waals surface area contributed by atoms with Gasteiger partial charge in [-0.05, 0) is 49.1 Å². The van der Waals surface area contributed by atoms with E-state index in [0.717, 1.165) is 10.6 Å². The first-order valence-corrected chi connectivity index (χ1v) is 7.25. The molecule has 18 heavy (non-hydrogen) atoms. The molecule has 2 heteroatoms. The van der Waals surface area contributed by atoms with Gasteiger partial charge in [0.2, 0.25) is 0 Å². The Balaban J connectivity index is 2.46.